The first kappa shape index (κ1) is 21.7. The topological polar surface area (TPSA) is 49.4 Å². The van der Waals surface area contributed by atoms with E-state index in [0.29, 0.717) is 22.9 Å². The van der Waals surface area contributed by atoms with Gasteiger partial charge in [0.15, 0.2) is 0 Å². The van der Waals surface area contributed by atoms with Gasteiger partial charge in [-0.25, -0.2) is 0 Å². The molecular weight excluding hydrogens is 472 g/mol. The molecule has 4 nitrogen and oxygen atoms in total. The van der Waals surface area contributed by atoms with E-state index in [-0.39, 0.29) is 17.2 Å². The third kappa shape index (κ3) is 4.86. The highest BCUT2D eigenvalue weighted by Crippen LogP contribution is 2.42. The van der Waals surface area contributed by atoms with E-state index in [1.54, 1.807) is 23.9 Å². The maximum atomic E-state index is 12.7. The molecule has 0 bridgehead atoms. The van der Waals surface area contributed by atoms with E-state index < -0.39 is 0 Å². The van der Waals surface area contributed by atoms with Crippen LogP contribution in [-0.4, -0.2) is 17.6 Å². The fourth-order valence-corrected chi connectivity index (χ4v) is 4.98. The van der Waals surface area contributed by atoms with Crippen molar-refractivity contribution in [3.63, 3.8) is 0 Å². The van der Waals surface area contributed by atoms with Gasteiger partial charge in [-0.3, -0.25) is 14.5 Å². The molecule has 2 amide bonds. The van der Waals surface area contributed by atoms with Crippen LogP contribution in [0, 0.1) is 0 Å². The Morgan fingerprint density at radius 2 is 1.77 bits per heavy atom. The van der Waals surface area contributed by atoms with E-state index in [0.717, 1.165) is 15.7 Å². The molecule has 31 heavy (non-hydrogen) atoms. The zero-order valence-electron chi connectivity index (χ0n) is 17.3. The van der Waals surface area contributed by atoms with Gasteiger partial charge in [0.2, 0.25) is 5.91 Å². The number of carbonyl (C=O) groups excluding carboxylic acids is 2. The van der Waals surface area contributed by atoms with Crippen molar-refractivity contribution in [3.8, 4) is 0 Å². The highest BCUT2D eigenvalue weighted by molar-refractivity contribution is 9.10. The molecule has 1 aliphatic heterocycles. The smallest absolute Gasteiger partial charge is 0.255 e. The number of thioether (sulfide) groups is 1. The van der Waals surface area contributed by atoms with Crippen LogP contribution in [0.15, 0.2) is 77.3 Å². The summed E-state index contributed by atoms with van der Waals surface area (Å²) in [4.78, 5) is 27.1. The Hall–Kier alpha value is -2.57. The number of amides is 2. The number of carbonyl (C=O) groups is 2. The summed E-state index contributed by atoms with van der Waals surface area (Å²) < 4.78 is 0.926. The van der Waals surface area contributed by atoms with E-state index in [2.05, 4.69) is 47.2 Å². The van der Waals surface area contributed by atoms with Crippen LogP contribution < -0.4 is 10.2 Å². The van der Waals surface area contributed by atoms with Gasteiger partial charge < -0.3 is 5.32 Å². The zero-order chi connectivity index (χ0) is 22.0. The minimum Gasteiger partial charge on any atom is -0.322 e. The highest BCUT2D eigenvalue weighted by Gasteiger charge is 2.34. The van der Waals surface area contributed by atoms with Gasteiger partial charge in [-0.2, -0.15) is 0 Å². The second-order valence-electron chi connectivity index (χ2n) is 7.76. The summed E-state index contributed by atoms with van der Waals surface area (Å²) in [6.45, 7) is 4.31. The minimum atomic E-state index is -0.166. The van der Waals surface area contributed by atoms with Gasteiger partial charge in [0.1, 0.15) is 5.37 Å². The van der Waals surface area contributed by atoms with Crippen molar-refractivity contribution < 1.29 is 9.59 Å². The van der Waals surface area contributed by atoms with Crippen molar-refractivity contribution >= 4 is 50.9 Å². The van der Waals surface area contributed by atoms with Gasteiger partial charge in [0.05, 0.1) is 5.75 Å². The summed E-state index contributed by atoms with van der Waals surface area (Å²) >= 11 is 4.98. The monoisotopic (exact) mass is 494 g/mol. The molecule has 1 heterocycles. The summed E-state index contributed by atoms with van der Waals surface area (Å²) in [6, 6.07) is 23.2. The molecule has 6 heteroatoms. The molecule has 1 saturated heterocycles. The summed E-state index contributed by atoms with van der Waals surface area (Å²) in [5.41, 5.74) is 4.43. The number of halogens is 1. The molecule has 1 atom stereocenters. The van der Waals surface area contributed by atoms with E-state index in [9.17, 15) is 9.59 Å². The Labute approximate surface area is 195 Å². The predicted octanol–water partition coefficient (Wildman–Crippen LogP) is 6.60. The van der Waals surface area contributed by atoms with Crippen molar-refractivity contribution in [2.75, 3.05) is 16.0 Å². The van der Waals surface area contributed by atoms with Crippen LogP contribution in [0.1, 0.15) is 46.6 Å². The normalized spacial score (nSPS) is 16.1. The lowest BCUT2D eigenvalue weighted by Gasteiger charge is -2.25. The minimum absolute atomic E-state index is 0.0941. The second kappa shape index (κ2) is 9.28. The van der Waals surface area contributed by atoms with Gasteiger partial charge in [-0.15, -0.1) is 11.8 Å². The van der Waals surface area contributed by atoms with Crippen molar-refractivity contribution in [2.45, 2.75) is 25.1 Å². The van der Waals surface area contributed by atoms with Gasteiger partial charge in [0, 0.05) is 21.4 Å². The fraction of sp³-hybridized carbons (Fsp3) is 0.200. The number of hydrogen-bond acceptors (Lipinski definition) is 3. The molecule has 1 N–H and O–H groups in total. The van der Waals surface area contributed by atoms with E-state index >= 15 is 0 Å². The van der Waals surface area contributed by atoms with Crippen LogP contribution in [0.4, 0.5) is 11.4 Å². The molecule has 4 rings (SSSR count). The van der Waals surface area contributed by atoms with Crippen LogP contribution in [0.2, 0.25) is 0 Å². The summed E-state index contributed by atoms with van der Waals surface area (Å²) in [5, 5.41) is 2.84. The van der Waals surface area contributed by atoms with Gasteiger partial charge in [0.25, 0.3) is 5.91 Å². The maximum absolute atomic E-state index is 12.7. The lowest BCUT2D eigenvalue weighted by molar-refractivity contribution is -0.115. The van der Waals surface area contributed by atoms with Crippen LogP contribution in [0.3, 0.4) is 0 Å². The molecule has 3 aromatic rings. The lowest BCUT2D eigenvalue weighted by atomic mass is 10.0. The van der Waals surface area contributed by atoms with E-state index in [1.165, 1.54) is 5.56 Å². The lowest BCUT2D eigenvalue weighted by Crippen LogP contribution is -2.27. The molecule has 0 saturated carbocycles. The van der Waals surface area contributed by atoms with Crippen LogP contribution >= 0.6 is 27.7 Å². The highest BCUT2D eigenvalue weighted by atomic mass is 79.9. The summed E-state index contributed by atoms with van der Waals surface area (Å²) in [6.07, 6.45) is 0. The van der Waals surface area contributed by atoms with Gasteiger partial charge in [-0.1, -0.05) is 54.0 Å². The molecule has 1 fully saturated rings. The summed E-state index contributed by atoms with van der Waals surface area (Å²) in [5.74, 6) is 0.809. The predicted molar refractivity (Wildman–Crippen MR) is 132 cm³/mol. The maximum Gasteiger partial charge on any atom is 0.255 e. The van der Waals surface area contributed by atoms with Crippen LogP contribution in [-0.2, 0) is 4.79 Å². The Morgan fingerprint density at radius 3 is 2.45 bits per heavy atom. The fourth-order valence-electron chi connectivity index (χ4n) is 3.54. The standard InChI is InChI=1S/C25H23BrN2O2S/c1-16(2)17-8-12-22(13-9-17)28-23(29)15-31-25(28)19-4-3-5-21(14-19)27-24(30)18-6-10-20(26)11-7-18/h3-14,16,25H,15H2,1-2H3,(H,27,30). The number of benzene rings is 3. The number of nitrogens with zero attached hydrogens (tertiary/aromatic N) is 1. The van der Waals surface area contributed by atoms with Crippen molar-refractivity contribution in [1.82, 2.24) is 0 Å². The second-order valence-corrected chi connectivity index (χ2v) is 9.74. The molecule has 3 aromatic carbocycles. The Morgan fingerprint density at radius 1 is 1.06 bits per heavy atom. The van der Waals surface area contributed by atoms with Gasteiger partial charge in [-0.05, 0) is 65.6 Å². The molecule has 0 radical (unpaired) electrons. The average Bonchev–Trinajstić information content (AvgIpc) is 3.16. The molecule has 158 valence electrons. The van der Waals surface area contributed by atoms with Crippen molar-refractivity contribution in [2.24, 2.45) is 0 Å². The number of rotatable bonds is 5. The van der Waals surface area contributed by atoms with Crippen LogP contribution in [0.5, 0.6) is 0 Å². The molecule has 0 spiro atoms. The van der Waals surface area contributed by atoms with E-state index in [4.69, 9.17) is 0 Å². The molecule has 0 aromatic heterocycles. The summed E-state index contributed by atoms with van der Waals surface area (Å²) in [7, 11) is 0. The van der Waals surface area contributed by atoms with E-state index in [1.807, 2.05) is 53.4 Å². The first-order valence-electron chi connectivity index (χ1n) is 10.1. The molecule has 1 aliphatic rings. The van der Waals surface area contributed by atoms with Crippen LogP contribution in [0.25, 0.3) is 0 Å². The zero-order valence-corrected chi connectivity index (χ0v) is 19.7. The number of hydrogen-bond donors (Lipinski definition) is 1. The average molecular weight is 495 g/mol. The third-order valence-corrected chi connectivity index (χ3v) is 6.98. The number of nitrogens with one attached hydrogen (secondary N) is 1. The first-order chi connectivity index (χ1) is 14.9. The third-order valence-electron chi connectivity index (χ3n) is 5.24. The molecular formula is C25H23BrN2O2S. The quantitative estimate of drug-likeness (QED) is 0.434. The number of anilines is 2. The van der Waals surface area contributed by atoms with Crippen molar-refractivity contribution in [3.05, 3.63) is 94.0 Å². The largest absolute Gasteiger partial charge is 0.322 e. The Bertz CT molecular complexity index is 1100. The molecule has 1 unspecified atom stereocenters. The Kier molecular flexibility index (Phi) is 6.49. The van der Waals surface area contributed by atoms with Crippen molar-refractivity contribution in [1.29, 1.82) is 0 Å². The first-order valence-corrected chi connectivity index (χ1v) is 12.0. The SMILES string of the molecule is CC(C)c1ccc(N2C(=O)CSC2c2cccc(NC(=O)c3ccc(Br)cc3)c2)cc1. The molecule has 0 aliphatic carbocycles. The van der Waals surface area contributed by atoms with Gasteiger partial charge >= 0.3 is 0 Å². The Balaban J connectivity index is 1.56.